The first-order chi connectivity index (χ1) is 9.79. The van der Waals surface area contributed by atoms with Crippen molar-refractivity contribution in [1.29, 1.82) is 5.26 Å². The largest absolute Gasteiger partial charge is 0.357 e. The van der Waals surface area contributed by atoms with Gasteiger partial charge in [0, 0.05) is 6.20 Å². The third kappa shape index (κ3) is 2.18. The number of H-pyrrole nitrogens is 1. The summed E-state index contributed by atoms with van der Waals surface area (Å²) in [5, 5.41) is 25.7. The van der Waals surface area contributed by atoms with Crippen LogP contribution in [0, 0.1) is 11.3 Å². The fraction of sp³-hybridized carbons (Fsp3) is 0. The van der Waals surface area contributed by atoms with E-state index in [9.17, 15) is 0 Å². The molecule has 0 saturated heterocycles. The van der Waals surface area contributed by atoms with Crippen LogP contribution in [0.2, 0.25) is 5.02 Å². The van der Waals surface area contributed by atoms with Crippen molar-refractivity contribution < 1.29 is 0 Å². The number of hydrogen-bond acceptors (Lipinski definition) is 8. The number of rotatable bonds is 3. The van der Waals surface area contributed by atoms with Gasteiger partial charge in [0.1, 0.15) is 22.7 Å². The average Bonchev–Trinajstić information content (AvgIpc) is 3.12. The Bertz CT molecular complexity index is 816. The van der Waals surface area contributed by atoms with Crippen molar-refractivity contribution >= 4 is 45.6 Å². The van der Waals surface area contributed by atoms with Gasteiger partial charge in [-0.1, -0.05) is 11.6 Å². The zero-order valence-electron chi connectivity index (χ0n) is 9.70. The van der Waals surface area contributed by atoms with Gasteiger partial charge >= 0.3 is 0 Å². The van der Waals surface area contributed by atoms with Crippen LogP contribution in [0.1, 0.15) is 5.82 Å². The van der Waals surface area contributed by atoms with Crippen LogP contribution in [-0.4, -0.2) is 29.4 Å². The molecular weight excluding hydrogens is 300 g/mol. The van der Waals surface area contributed by atoms with Crippen LogP contribution < -0.4 is 5.32 Å². The minimum Gasteiger partial charge on any atom is -0.357 e. The van der Waals surface area contributed by atoms with E-state index in [0.29, 0.717) is 16.2 Å². The molecule has 0 atom stereocenters. The third-order valence-electron chi connectivity index (χ3n) is 2.44. The van der Waals surface area contributed by atoms with Gasteiger partial charge in [0.25, 0.3) is 0 Å². The number of allylic oxidation sites excluding steroid dienone is 1. The molecule has 3 aromatic rings. The summed E-state index contributed by atoms with van der Waals surface area (Å²) in [6.45, 7) is 0. The van der Waals surface area contributed by atoms with Crippen LogP contribution in [0.25, 0.3) is 16.6 Å². The number of tetrazole rings is 1. The highest BCUT2D eigenvalue weighted by molar-refractivity contribution is 7.00. The topological polar surface area (TPSA) is 116 Å². The SMILES string of the molecule is N#CC(=CNc1c(Cl)ccc2nsnc12)c1nn[nH]n1. The molecule has 8 nitrogen and oxygen atoms in total. The maximum absolute atomic E-state index is 9.08. The Kier molecular flexibility index (Phi) is 3.24. The second kappa shape index (κ2) is 5.20. The lowest BCUT2D eigenvalue weighted by Crippen LogP contribution is -1.94. The summed E-state index contributed by atoms with van der Waals surface area (Å²) >= 11 is 7.21. The molecular formula is C10H5ClN8S. The van der Waals surface area contributed by atoms with Crippen molar-refractivity contribution in [2.24, 2.45) is 0 Å². The number of benzene rings is 1. The lowest BCUT2D eigenvalue weighted by Gasteiger charge is -2.04. The van der Waals surface area contributed by atoms with Gasteiger partial charge < -0.3 is 5.32 Å². The first-order valence-electron chi connectivity index (χ1n) is 5.31. The molecule has 2 aromatic heterocycles. The van der Waals surface area contributed by atoms with E-state index in [4.69, 9.17) is 16.9 Å². The van der Waals surface area contributed by atoms with Crippen LogP contribution in [0.5, 0.6) is 0 Å². The van der Waals surface area contributed by atoms with Crippen molar-refractivity contribution in [3.63, 3.8) is 0 Å². The standard InChI is InChI=1S/C10H5ClN8S/c11-6-1-2-7-9(17-20-16-7)8(6)13-4-5(3-12)10-14-18-19-15-10/h1-2,4,13H,(H,14,15,18,19). The molecule has 98 valence electrons. The van der Waals surface area contributed by atoms with Gasteiger partial charge in [-0.05, 0) is 17.3 Å². The number of aromatic amines is 1. The van der Waals surface area contributed by atoms with Gasteiger partial charge in [-0.2, -0.15) is 19.2 Å². The summed E-state index contributed by atoms with van der Waals surface area (Å²) in [7, 11) is 0. The van der Waals surface area contributed by atoms with Crippen LogP contribution in [0.15, 0.2) is 18.3 Å². The lowest BCUT2D eigenvalue weighted by molar-refractivity contribution is 0.881. The molecule has 3 rings (SSSR count). The highest BCUT2D eigenvalue weighted by Gasteiger charge is 2.10. The zero-order valence-corrected chi connectivity index (χ0v) is 11.3. The number of fused-ring (bicyclic) bond motifs is 1. The second-order valence-electron chi connectivity index (χ2n) is 3.60. The first kappa shape index (κ1) is 12.5. The summed E-state index contributed by atoms with van der Waals surface area (Å²) in [5.74, 6) is 0.194. The molecule has 0 aliphatic rings. The Balaban J connectivity index is 1.99. The first-order valence-corrected chi connectivity index (χ1v) is 6.42. The van der Waals surface area contributed by atoms with E-state index < -0.39 is 0 Å². The average molecular weight is 305 g/mol. The van der Waals surface area contributed by atoms with Gasteiger partial charge in [0.15, 0.2) is 0 Å². The monoisotopic (exact) mass is 304 g/mol. The van der Waals surface area contributed by atoms with Crippen molar-refractivity contribution in [2.45, 2.75) is 0 Å². The predicted octanol–water partition coefficient (Wildman–Crippen LogP) is 1.83. The van der Waals surface area contributed by atoms with Gasteiger partial charge in [-0.15, -0.1) is 10.2 Å². The molecule has 0 saturated carbocycles. The van der Waals surface area contributed by atoms with E-state index in [1.807, 2.05) is 6.07 Å². The Morgan fingerprint density at radius 1 is 1.45 bits per heavy atom. The van der Waals surface area contributed by atoms with E-state index in [-0.39, 0.29) is 11.4 Å². The molecule has 0 aliphatic carbocycles. The lowest BCUT2D eigenvalue weighted by atomic mass is 10.2. The number of nitriles is 1. The molecule has 0 bridgehead atoms. The second-order valence-corrected chi connectivity index (χ2v) is 4.54. The number of aromatic nitrogens is 6. The number of halogens is 1. The highest BCUT2D eigenvalue weighted by atomic mass is 35.5. The highest BCUT2D eigenvalue weighted by Crippen LogP contribution is 2.30. The minimum absolute atomic E-state index is 0.194. The van der Waals surface area contributed by atoms with Crippen LogP contribution in [-0.2, 0) is 0 Å². The number of nitrogens with zero attached hydrogens (tertiary/aromatic N) is 6. The molecule has 2 heterocycles. The molecule has 20 heavy (non-hydrogen) atoms. The van der Waals surface area contributed by atoms with Crippen molar-refractivity contribution in [3.05, 3.63) is 29.2 Å². The molecule has 0 aliphatic heterocycles. The number of hydrogen-bond donors (Lipinski definition) is 2. The van der Waals surface area contributed by atoms with Crippen LogP contribution >= 0.6 is 23.3 Å². The minimum atomic E-state index is 0.194. The Morgan fingerprint density at radius 2 is 2.35 bits per heavy atom. The summed E-state index contributed by atoms with van der Waals surface area (Å²) in [6.07, 6.45) is 1.45. The third-order valence-corrected chi connectivity index (χ3v) is 3.30. The van der Waals surface area contributed by atoms with Crippen molar-refractivity contribution in [3.8, 4) is 6.07 Å². The Labute approximate surface area is 121 Å². The normalized spacial score (nSPS) is 11.5. The Morgan fingerprint density at radius 3 is 3.10 bits per heavy atom. The van der Waals surface area contributed by atoms with E-state index in [1.54, 1.807) is 12.1 Å². The fourth-order valence-electron chi connectivity index (χ4n) is 1.53. The predicted molar refractivity (Wildman–Crippen MR) is 73.8 cm³/mol. The van der Waals surface area contributed by atoms with Crippen molar-refractivity contribution in [2.75, 3.05) is 5.32 Å². The molecule has 0 amide bonds. The molecule has 0 spiro atoms. The summed E-state index contributed by atoms with van der Waals surface area (Å²) in [5.41, 5.74) is 2.17. The van der Waals surface area contributed by atoms with E-state index in [2.05, 4.69) is 34.7 Å². The van der Waals surface area contributed by atoms with Gasteiger partial charge in [0.05, 0.1) is 22.4 Å². The molecule has 10 heteroatoms. The Hall–Kier alpha value is -2.57. The van der Waals surface area contributed by atoms with E-state index >= 15 is 0 Å². The number of anilines is 1. The smallest absolute Gasteiger partial charge is 0.216 e. The van der Waals surface area contributed by atoms with Gasteiger partial charge in [-0.25, -0.2) is 0 Å². The summed E-state index contributed by atoms with van der Waals surface area (Å²) in [6, 6.07) is 5.46. The molecule has 0 fully saturated rings. The van der Waals surface area contributed by atoms with Crippen LogP contribution in [0.4, 0.5) is 5.69 Å². The fourth-order valence-corrected chi connectivity index (χ4v) is 2.28. The maximum Gasteiger partial charge on any atom is 0.216 e. The molecule has 2 N–H and O–H groups in total. The maximum atomic E-state index is 9.08. The van der Waals surface area contributed by atoms with E-state index in [1.165, 1.54) is 6.20 Å². The molecule has 1 aromatic carbocycles. The summed E-state index contributed by atoms with van der Waals surface area (Å²) in [4.78, 5) is 0. The molecule has 0 unspecified atom stereocenters. The quantitative estimate of drug-likeness (QED) is 0.709. The van der Waals surface area contributed by atoms with Crippen LogP contribution in [0.3, 0.4) is 0 Å². The van der Waals surface area contributed by atoms with Gasteiger partial charge in [0.2, 0.25) is 5.82 Å². The van der Waals surface area contributed by atoms with Crippen molar-refractivity contribution in [1.82, 2.24) is 29.4 Å². The number of nitrogens with one attached hydrogen (secondary N) is 2. The zero-order chi connectivity index (χ0) is 13.9. The summed E-state index contributed by atoms with van der Waals surface area (Å²) < 4.78 is 8.29. The van der Waals surface area contributed by atoms with Gasteiger partial charge in [-0.3, -0.25) is 0 Å². The molecule has 0 radical (unpaired) electrons. The van der Waals surface area contributed by atoms with E-state index in [0.717, 1.165) is 17.2 Å².